The summed E-state index contributed by atoms with van der Waals surface area (Å²) in [6.45, 7) is 5.08. The molecule has 1 heterocycles. The molecule has 0 amide bonds. The minimum absolute atomic E-state index is 0.234. The predicted molar refractivity (Wildman–Crippen MR) is 71.1 cm³/mol. The van der Waals surface area contributed by atoms with E-state index in [1.807, 2.05) is 6.92 Å². The molecule has 0 aromatic heterocycles. The third kappa shape index (κ3) is 3.30. The van der Waals surface area contributed by atoms with E-state index in [0.717, 1.165) is 19.4 Å². The number of nitrogens with one attached hydrogen (secondary N) is 1. The van der Waals surface area contributed by atoms with Gasteiger partial charge in [0.1, 0.15) is 0 Å². The summed E-state index contributed by atoms with van der Waals surface area (Å²) >= 11 is 0. The van der Waals surface area contributed by atoms with Gasteiger partial charge >= 0.3 is 0 Å². The van der Waals surface area contributed by atoms with Gasteiger partial charge in [-0.2, -0.15) is 0 Å². The Morgan fingerprint density at radius 1 is 1.29 bits per heavy atom. The van der Waals surface area contributed by atoms with Crippen LogP contribution >= 0.6 is 0 Å². The maximum Gasteiger partial charge on any atom is 0.0812 e. The Bertz CT molecular complexity index is 350. The van der Waals surface area contributed by atoms with Crippen LogP contribution in [0.25, 0.3) is 0 Å². The van der Waals surface area contributed by atoms with Crippen LogP contribution in [0.1, 0.15) is 37.3 Å². The van der Waals surface area contributed by atoms with Gasteiger partial charge in [-0.25, -0.2) is 0 Å². The van der Waals surface area contributed by atoms with Crippen molar-refractivity contribution in [1.82, 2.24) is 5.32 Å². The van der Waals surface area contributed by atoms with Crippen molar-refractivity contribution in [1.29, 1.82) is 0 Å². The van der Waals surface area contributed by atoms with Gasteiger partial charge in [0.25, 0.3) is 0 Å². The Balaban J connectivity index is 2.02. The fraction of sp³-hybridized carbons (Fsp3) is 0.600. The molecule has 0 bridgehead atoms. The summed E-state index contributed by atoms with van der Waals surface area (Å²) in [5.74, 6) is 0. The summed E-state index contributed by atoms with van der Waals surface area (Å²) in [5.41, 5.74) is 1.84. The second-order valence-corrected chi connectivity index (χ2v) is 5.52. The highest BCUT2D eigenvalue weighted by Gasteiger charge is 2.32. The number of aliphatic hydroxyl groups is 1. The predicted octanol–water partition coefficient (Wildman–Crippen LogP) is 2.43. The lowest BCUT2D eigenvalue weighted by Crippen LogP contribution is -2.52. The first kappa shape index (κ1) is 12.6. The molecule has 94 valence electrons. The average molecular weight is 233 g/mol. The zero-order valence-electron chi connectivity index (χ0n) is 10.9. The molecule has 0 radical (unpaired) electrons. The van der Waals surface area contributed by atoms with E-state index in [0.29, 0.717) is 0 Å². The highest BCUT2D eigenvalue weighted by Crippen LogP contribution is 2.23. The Hall–Kier alpha value is -0.860. The number of hydrogen-bond donors (Lipinski definition) is 2. The molecular weight excluding hydrogens is 210 g/mol. The number of rotatable bonds is 3. The lowest BCUT2D eigenvalue weighted by molar-refractivity contribution is 0.0104. The third-order valence-electron chi connectivity index (χ3n) is 3.74. The van der Waals surface area contributed by atoms with Gasteiger partial charge in [-0.05, 0) is 38.8 Å². The second-order valence-electron chi connectivity index (χ2n) is 5.52. The average Bonchev–Trinajstić information content (AvgIpc) is 2.33. The van der Waals surface area contributed by atoms with E-state index in [-0.39, 0.29) is 6.04 Å². The molecule has 2 nitrogen and oxygen atoms in total. The van der Waals surface area contributed by atoms with Crippen LogP contribution in [0, 0.1) is 6.92 Å². The Morgan fingerprint density at radius 3 is 2.59 bits per heavy atom. The van der Waals surface area contributed by atoms with Crippen molar-refractivity contribution in [3.05, 3.63) is 35.4 Å². The van der Waals surface area contributed by atoms with Gasteiger partial charge in [0, 0.05) is 12.5 Å². The van der Waals surface area contributed by atoms with Crippen LogP contribution in [-0.2, 0) is 6.42 Å². The van der Waals surface area contributed by atoms with Crippen LogP contribution in [0.5, 0.6) is 0 Å². The molecule has 2 rings (SSSR count). The smallest absolute Gasteiger partial charge is 0.0812 e. The largest absolute Gasteiger partial charge is 0.388 e. The van der Waals surface area contributed by atoms with Crippen LogP contribution in [0.15, 0.2) is 24.3 Å². The summed E-state index contributed by atoms with van der Waals surface area (Å²) in [5, 5.41) is 14.0. The molecule has 2 unspecified atom stereocenters. The standard InChI is InChI=1S/C15H23NO/c1-12-6-8-13(9-7-12)11-15(2,17)14-5-3-4-10-16-14/h6-9,14,16-17H,3-5,10-11H2,1-2H3. The van der Waals surface area contributed by atoms with Crippen LogP contribution in [0.2, 0.25) is 0 Å². The summed E-state index contributed by atoms with van der Waals surface area (Å²) in [6, 6.07) is 8.69. The van der Waals surface area contributed by atoms with Gasteiger partial charge in [-0.1, -0.05) is 36.2 Å². The molecule has 2 atom stereocenters. The summed E-state index contributed by atoms with van der Waals surface area (Å²) < 4.78 is 0. The molecule has 0 aliphatic carbocycles. The molecule has 1 aliphatic heterocycles. The van der Waals surface area contributed by atoms with Crippen molar-refractivity contribution in [2.24, 2.45) is 0 Å². The second kappa shape index (κ2) is 5.19. The third-order valence-corrected chi connectivity index (χ3v) is 3.74. The summed E-state index contributed by atoms with van der Waals surface area (Å²) in [7, 11) is 0. The van der Waals surface area contributed by atoms with Gasteiger partial charge in [-0.15, -0.1) is 0 Å². The highest BCUT2D eigenvalue weighted by molar-refractivity contribution is 5.23. The molecular formula is C15H23NO. The fourth-order valence-corrected chi connectivity index (χ4v) is 2.63. The molecule has 2 heteroatoms. The molecule has 1 fully saturated rings. The molecule has 0 spiro atoms. The van der Waals surface area contributed by atoms with Gasteiger partial charge in [0.2, 0.25) is 0 Å². The number of hydrogen-bond acceptors (Lipinski definition) is 2. The van der Waals surface area contributed by atoms with Crippen molar-refractivity contribution in [2.75, 3.05) is 6.54 Å². The lowest BCUT2D eigenvalue weighted by Gasteiger charge is -2.36. The first-order chi connectivity index (χ1) is 8.08. The zero-order valence-corrected chi connectivity index (χ0v) is 10.9. The molecule has 1 saturated heterocycles. The Kier molecular flexibility index (Phi) is 3.85. The fourth-order valence-electron chi connectivity index (χ4n) is 2.63. The molecule has 1 aromatic rings. The van der Waals surface area contributed by atoms with Crippen molar-refractivity contribution in [3.63, 3.8) is 0 Å². The lowest BCUT2D eigenvalue weighted by atomic mass is 9.84. The van der Waals surface area contributed by atoms with Gasteiger partial charge in [-0.3, -0.25) is 0 Å². The van der Waals surface area contributed by atoms with Gasteiger partial charge in [0.15, 0.2) is 0 Å². The van der Waals surface area contributed by atoms with Crippen molar-refractivity contribution >= 4 is 0 Å². The first-order valence-corrected chi connectivity index (χ1v) is 6.59. The molecule has 1 aliphatic rings. The quantitative estimate of drug-likeness (QED) is 0.840. The molecule has 0 saturated carbocycles. The van der Waals surface area contributed by atoms with Crippen LogP contribution in [0.3, 0.4) is 0 Å². The van der Waals surface area contributed by atoms with Crippen LogP contribution in [0.4, 0.5) is 0 Å². The molecule has 1 aromatic carbocycles. The van der Waals surface area contributed by atoms with Crippen molar-refractivity contribution < 1.29 is 5.11 Å². The van der Waals surface area contributed by atoms with Crippen molar-refractivity contribution in [3.8, 4) is 0 Å². The highest BCUT2D eigenvalue weighted by atomic mass is 16.3. The van der Waals surface area contributed by atoms with Gasteiger partial charge < -0.3 is 10.4 Å². The first-order valence-electron chi connectivity index (χ1n) is 6.59. The number of piperidine rings is 1. The van der Waals surface area contributed by atoms with E-state index in [1.54, 1.807) is 0 Å². The van der Waals surface area contributed by atoms with E-state index in [1.165, 1.54) is 24.0 Å². The molecule has 17 heavy (non-hydrogen) atoms. The maximum atomic E-state index is 10.6. The van der Waals surface area contributed by atoms with Crippen LogP contribution < -0.4 is 5.32 Å². The zero-order chi connectivity index (χ0) is 12.3. The normalized spacial score (nSPS) is 24.3. The van der Waals surface area contributed by atoms with E-state index < -0.39 is 5.60 Å². The Morgan fingerprint density at radius 2 is 2.00 bits per heavy atom. The molecule has 2 N–H and O–H groups in total. The summed E-state index contributed by atoms with van der Waals surface area (Å²) in [4.78, 5) is 0. The SMILES string of the molecule is Cc1ccc(CC(C)(O)C2CCCCN2)cc1. The Labute approximate surface area is 104 Å². The monoisotopic (exact) mass is 233 g/mol. The minimum atomic E-state index is -0.643. The van der Waals surface area contributed by atoms with Crippen LogP contribution in [-0.4, -0.2) is 23.3 Å². The van der Waals surface area contributed by atoms with Crippen molar-refractivity contribution in [2.45, 2.75) is 51.2 Å². The summed E-state index contributed by atoms with van der Waals surface area (Å²) in [6.07, 6.45) is 4.27. The van der Waals surface area contributed by atoms with E-state index in [2.05, 4.69) is 36.5 Å². The number of benzene rings is 1. The topological polar surface area (TPSA) is 32.3 Å². The van der Waals surface area contributed by atoms with E-state index >= 15 is 0 Å². The minimum Gasteiger partial charge on any atom is -0.388 e. The maximum absolute atomic E-state index is 10.6. The van der Waals surface area contributed by atoms with E-state index in [4.69, 9.17) is 0 Å². The van der Waals surface area contributed by atoms with E-state index in [9.17, 15) is 5.11 Å². The number of aryl methyl sites for hydroxylation is 1. The van der Waals surface area contributed by atoms with Gasteiger partial charge in [0.05, 0.1) is 5.60 Å².